The van der Waals surface area contributed by atoms with E-state index in [1.165, 1.54) is 11.8 Å². The van der Waals surface area contributed by atoms with Gasteiger partial charge in [-0.15, -0.1) is 11.8 Å². The Morgan fingerprint density at radius 3 is 1.95 bits per heavy atom. The van der Waals surface area contributed by atoms with E-state index in [-0.39, 0.29) is 21.0 Å². The van der Waals surface area contributed by atoms with Gasteiger partial charge in [-0.25, -0.2) is 9.78 Å². The Labute approximate surface area is 247 Å². The molecule has 1 heterocycles. The van der Waals surface area contributed by atoms with Crippen LogP contribution in [-0.4, -0.2) is 27.9 Å². The number of carbonyl (C=O) groups is 3. The fraction of sp³-hybridized carbons (Fsp3) is 0.0370. The van der Waals surface area contributed by atoms with Crippen LogP contribution in [0, 0.1) is 0 Å². The number of hydrogen-bond acceptors (Lipinski definition) is 5. The highest BCUT2D eigenvalue weighted by atomic mass is 35.5. The lowest BCUT2D eigenvalue weighted by molar-refractivity contribution is -0.115. The summed E-state index contributed by atoms with van der Waals surface area (Å²) in [6.45, 7) is 0. The number of carboxylic acids is 1. The zero-order valence-electron chi connectivity index (χ0n) is 19.6. The van der Waals surface area contributed by atoms with Gasteiger partial charge in [0.15, 0.2) is 0 Å². The number of rotatable bonds is 8. The number of carbonyl (C=O) groups excluding carboxylic acids is 2. The molecule has 0 aliphatic carbocycles. The second kappa shape index (κ2) is 12.7. The first-order valence-corrected chi connectivity index (χ1v) is 13.5. The molecule has 7 nitrogen and oxygen atoms in total. The van der Waals surface area contributed by atoms with Gasteiger partial charge < -0.3 is 15.7 Å². The van der Waals surface area contributed by atoms with Crippen molar-refractivity contribution in [1.82, 2.24) is 4.98 Å². The molecule has 0 aliphatic heterocycles. The van der Waals surface area contributed by atoms with E-state index >= 15 is 0 Å². The van der Waals surface area contributed by atoms with Crippen molar-refractivity contribution < 1.29 is 19.5 Å². The molecule has 1 aromatic heterocycles. The van der Waals surface area contributed by atoms with Gasteiger partial charge in [-0.3, -0.25) is 9.59 Å². The Morgan fingerprint density at radius 2 is 1.36 bits per heavy atom. The van der Waals surface area contributed by atoms with E-state index in [1.807, 2.05) is 30.3 Å². The Kier molecular flexibility index (Phi) is 9.37. The number of carboxylic acid groups (broad SMARTS) is 1. The van der Waals surface area contributed by atoms with Crippen LogP contribution in [0.5, 0.6) is 0 Å². The van der Waals surface area contributed by atoms with Crippen molar-refractivity contribution >= 4 is 87.5 Å². The van der Waals surface area contributed by atoms with Gasteiger partial charge in [-0.1, -0.05) is 82.8 Å². The van der Waals surface area contributed by atoms with Crippen LogP contribution in [-0.2, 0) is 4.79 Å². The summed E-state index contributed by atoms with van der Waals surface area (Å²) >= 11 is 25.5. The van der Waals surface area contributed by atoms with Crippen molar-refractivity contribution in [2.24, 2.45) is 0 Å². The molecular weight excluding hydrogens is 604 g/mol. The fourth-order valence-corrected chi connectivity index (χ4v) is 5.57. The third kappa shape index (κ3) is 6.66. The SMILES string of the molecule is O=C(O)c1c(Cl)c(Cl)c(Cl)c(Cl)c1C(=O)Nc1ccc(SC(C(=O)Nc2ccccn2)c2ccccc2)cc1. The smallest absolute Gasteiger partial charge is 0.338 e. The standard InChI is InChI=1S/C27H17Cl4N3O4S/c28-20-18(19(27(37)38)21(29)23(31)22(20)30)25(35)33-15-9-11-16(12-10-15)39-24(14-6-2-1-3-7-14)26(36)34-17-8-4-5-13-32-17/h1-13,24H,(H,33,35)(H,37,38)(H,32,34,36). The number of hydrogen-bond donors (Lipinski definition) is 3. The highest BCUT2D eigenvalue weighted by molar-refractivity contribution is 8.00. The highest BCUT2D eigenvalue weighted by Gasteiger charge is 2.29. The molecule has 39 heavy (non-hydrogen) atoms. The second-order valence-electron chi connectivity index (χ2n) is 7.90. The van der Waals surface area contributed by atoms with Crippen LogP contribution in [0.3, 0.4) is 0 Å². The number of anilines is 2. The van der Waals surface area contributed by atoms with Crippen molar-refractivity contribution in [3.63, 3.8) is 0 Å². The number of benzene rings is 3. The summed E-state index contributed by atoms with van der Waals surface area (Å²) in [5.41, 5.74) is 0.150. The fourth-order valence-electron chi connectivity index (χ4n) is 3.52. The first kappa shape index (κ1) is 28.7. The molecule has 3 aromatic carbocycles. The largest absolute Gasteiger partial charge is 0.478 e. The maximum absolute atomic E-state index is 13.2. The van der Waals surface area contributed by atoms with E-state index in [9.17, 15) is 19.5 Å². The molecule has 0 saturated carbocycles. The lowest BCUT2D eigenvalue weighted by Crippen LogP contribution is -2.19. The van der Waals surface area contributed by atoms with Gasteiger partial charge in [0.2, 0.25) is 5.91 Å². The monoisotopic (exact) mass is 619 g/mol. The van der Waals surface area contributed by atoms with Gasteiger partial charge in [-0.2, -0.15) is 0 Å². The number of aromatic carboxylic acids is 1. The van der Waals surface area contributed by atoms with E-state index in [0.29, 0.717) is 11.5 Å². The number of nitrogens with one attached hydrogen (secondary N) is 2. The predicted octanol–water partition coefficient (Wildman–Crippen LogP) is 8.12. The minimum Gasteiger partial charge on any atom is -0.478 e. The van der Waals surface area contributed by atoms with Crippen molar-refractivity contribution in [1.29, 1.82) is 0 Å². The van der Waals surface area contributed by atoms with Gasteiger partial charge in [0.05, 0.1) is 31.2 Å². The van der Waals surface area contributed by atoms with Crippen molar-refractivity contribution in [3.05, 3.63) is 116 Å². The number of halogens is 4. The van der Waals surface area contributed by atoms with E-state index in [2.05, 4.69) is 15.6 Å². The van der Waals surface area contributed by atoms with Crippen molar-refractivity contribution in [2.75, 3.05) is 10.6 Å². The van der Waals surface area contributed by atoms with Gasteiger partial charge in [0.1, 0.15) is 11.1 Å². The lowest BCUT2D eigenvalue weighted by atomic mass is 10.1. The quantitative estimate of drug-likeness (QED) is 0.104. The maximum atomic E-state index is 13.2. The average Bonchev–Trinajstić information content (AvgIpc) is 2.94. The summed E-state index contributed by atoms with van der Waals surface area (Å²) in [6, 6.07) is 21.1. The summed E-state index contributed by atoms with van der Waals surface area (Å²) < 4.78 is 0. The molecule has 198 valence electrons. The Morgan fingerprint density at radius 1 is 0.744 bits per heavy atom. The van der Waals surface area contributed by atoms with Crippen LogP contribution in [0.1, 0.15) is 31.5 Å². The molecule has 0 fully saturated rings. The molecule has 0 spiro atoms. The van der Waals surface area contributed by atoms with Crippen LogP contribution < -0.4 is 10.6 Å². The third-order valence-corrected chi connectivity index (χ3v) is 8.40. The Bertz CT molecular complexity index is 1540. The molecule has 0 aliphatic rings. The van der Waals surface area contributed by atoms with Crippen LogP contribution in [0.25, 0.3) is 0 Å². The maximum Gasteiger partial charge on any atom is 0.338 e. The minimum absolute atomic E-state index is 0.235. The zero-order chi connectivity index (χ0) is 28.1. The van der Waals surface area contributed by atoms with Gasteiger partial charge in [-0.05, 0) is 42.0 Å². The van der Waals surface area contributed by atoms with Crippen LogP contribution >= 0.6 is 58.2 Å². The molecule has 0 radical (unpaired) electrons. The Hall–Kier alpha value is -3.27. The topological polar surface area (TPSA) is 108 Å². The van der Waals surface area contributed by atoms with E-state index in [1.54, 1.807) is 48.7 Å². The van der Waals surface area contributed by atoms with E-state index in [0.717, 1.165) is 10.5 Å². The van der Waals surface area contributed by atoms with E-state index in [4.69, 9.17) is 46.4 Å². The molecule has 1 unspecified atom stereocenters. The summed E-state index contributed by atoms with van der Waals surface area (Å²) in [5.74, 6) is -2.15. The van der Waals surface area contributed by atoms with Gasteiger partial charge >= 0.3 is 5.97 Å². The normalized spacial score (nSPS) is 11.5. The summed E-state index contributed by atoms with van der Waals surface area (Å²) in [5, 5.41) is 13.2. The zero-order valence-corrected chi connectivity index (χ0v) is 23.5. The van der Waals surface area contributed by atoms with Gasteiger partial charge in [0, 0.05) is 16.8 Å². The minimum atomic E-state index is -1.49. The molecule has 0 saturated heterocycles. The third-order valence-electron chi connectivity index (χ3n) is 5.33. The summed E-state index contributed by atoms with van der Waals surface area (Å²) in [7, 11) is 0. The first-order chi connectivity index (χ1) is 18.7. The number of pyridine rings is 1. The van der Waals surface area contributed by atoms with Gasteiger partial charge in [0.25, 0.3) is 5.91 Å². The average molecular weight is 621 g/mol. The molecule has 2 amide bonds. The molecule has 1 atom stereocenters. The Balaban J connectivity index is 1.55. The first-order valence-electron chi connectivity index (χ1n) is 11.1. The van der Waals surface area contributed by atoms with Crippen LogP contribution in [0.4, 0.5) is 11.5 Å². The summed E-state index contributed by atoms with van der Waals surface area (Å²) in [4.78, 5) is 42.8. The molecule has 4 aromatic rings. The second-order valence-corrected chi connectivity index (χ2v) is 10.6. The molecular formula is C27H17Cl4N3O4S. The highest BCUT2D eigenvalue weighted by Crippen LogP contribution is 2.42. The number of aromatic nitrogens is 1. The number of amides is 2. The lowest BCUT2D eigenvalue weighted by Gasteiger charge is -2.17. The van der Waals surface area contributed by atoms with Crippen LogP contribution in [0.2, 0.25) is 20.1 Å². The number of thioether (sulfide) groups is 1. The summed E-state index contributed by atoms with van der Waals surface area (Å²) in [6.07, 6.45) is 1.59. The molecule has 3 N–H and O–H groups in total. The molecule has 0 bridgehead atoms. The number of nitrogens with zero attached hydrogens (tertiary/aromatic N) is 1. The molecule has 12 heteroatoms. The molecule has 4 rings (SSSR count). The van der Waals surface area contributed by atoms with E-state index < -0.39 is 33.3 Å². The predicted molar refractivity (Wildman–Crippen MR) is 156 cm³/mol. The van der Waals surface area contributed by atoms with Crippen LogP contribution in [0.15, 0.2) is 83.9 Å². The van der Waals surface area contributed by atoms with Crippen molar-refractivity contribution in [3.8, 4) is 0 Å². The van der Waals surface area contributed by atoms with Crippen molar-refractivity contribution in [2.45, 2.75) is 10.1 Å².